The summed E-state index contributed by atoms with van der Waals surface area (Å²) in [5, 5.41) is 0. The zero-order chi connectivity index (χ0) is 13.1. The normalized spacial score (nSPS) is 17.5. The lowest BCUT2D eigenvalue weighted by Gasteiger charge is -2.39. The molecule has 1 rings (SSSR count). The molecule has 0 aliphatic carbocycles. The van der Waals surface area contributed by atoms with Gasteiger partial charge in [-0.1, -0.05) is 50.6 Å². The van der Waals surface area contributed by atoms with Gasteiger partial charge in [0.1, 0.15) is 0 Å². The van der Waals surface area contributed by atoms with E-state index in [2.05, 4.69) is 0 Å². The summed E-state index contributed by atoms with van der Waals surface area (Å²) in [5.74, 6) is -0.644. The number of rotatable bonds is 4. The highest BCUT2D eigenvalue weighted by atomic mass is 19.4. The Bertz CT molecular complexity index is 347. The summed E-state index contributed by atoms with van der Waals surface area (Å²) in [6.45, 7) is 3.29. The van der Waals surface area contributed by atoms with Crippen LogP contribution in [0.3, 0.4) is 0 Å². The maximum absolute atomic E-state index is 13.4. The van der Waals surface area contributed by atoms with Crippen molar-refractivity contribution in [1.29, 1.82) is 0 Å². The Labute approximate surface area is 99.6 Å². The van der Waals surface area contributed by atoms with Crippen molar-refractivity contribution in [3.05, 3.63) is 35.9 Å². The third-order valence-electron chi connectivity index (χ3n) is 3.25. The summed E-state index contributed by atoms with van der Waals surface area (Å²) in [7, 11) is 1.12. The van der Waals surface area contributed by atoms with Crippen molar-refractivity contribution < 1.29 is 17.9 Å². The molecular weight excluding hydrogens is 229 g/mol. The number of methoxy groups -OCH3 is 1. The lowest BCUT2D eigenvalue weighted by molar-refractivity contribution is -0.295. The minimum atomic E-state index is -4.43. The molecule has 1 unspecified atom stereocenters. The Morgan fingerprint density at radius 3 is 2.06 bits per heavy atom. The maximum atomic E-state index is 13.4. The van der Waals surface area contributed by atoms with Gasteiger partial charge in [0.05, 0.1) is 0 Å². The molecule has 1 aromatic carbocycles. The maximum Gasteiger partial charge on any atom is 0.421 e. The Morgan fingerprint density at radius 1 is 1.18 bits per heavy atom. The lowest BCUT2D eigenvalue weighted by Crippen LogP contribution is -2.49. The summed E-state index contributed by atoms with van der Waals surface area (Å²) < 4.78 is 45.0. The summed E-state index contributed by atoms with van der Waals surface area (Å²) >= 11 is 0. The van der Waals surface area contributed by atoms with Gasteiger partial charge in [-0.15, -0.1) is 0 Å². The molecule has 0 fully saturated rings. The lowest BCUT2D eigenvalue weighted by atomic mass is 9.80. The van der Waals surface area contributed by atoms with E-state index in [0.717, 1.165) is 7.11 Å². The number of ether oxygens (including phenoxy) is 1. The molecule has 0 N–H and O–H groups in total. The van der Waals surface area contributed by atoms with E-state index in [4.69, 9.17) is 4.74 Å². The van der Waals surface area contributed by atoms with E-state index < -0.39 is 17.7 Å². The van der Waals surface area contributed by atoms with Gasteiger partial charge in [0, 0.05) is 7.11 Å². The Kier molecular flexibility index (Phi) is 4.20. The number of alkyl halides is 3. The van der Waals surface area contributed by atoms with Crippen molar-refractivity contribution in [2.45, 2.75) is 32.0 Å². The molecule has 0 saturated carbocycles. The van der Waals surface area contributed by atoms with E-state index in [-0.39, 0.29) is 5.56 Å². The van der Waals surface area contributed by atoms with Gasteiger partial charge < -0.3 is 4.74 Å². The third-order valence-corrected chi connectivity index (χ3v) is 3.25. The molecule has 4 heteroatoms. The van der Waals surface area contributed by atoms with E-state index >= 15 is 0 Å². The van der Waals surface area contributed by atoms with E-state index in [1.54, 1.807) is 32.0 Å². The summed E-state index contributed by atoms with van der Waals surface area (Å²) in [4.78, 5) is 0. The number of halogens is 3. The quantitative estimate of drug-likeness (QED) is 0.776. The van der Waals surface area contributed by atoms with Crippen LogP contribution in [0.4, 0.5) is 13.2 Å². The van der Waals surface area contributed by atoms with Crippen molar-refractivity contribution in [1.82, 2.24) is 0 Å². The fraction of sp³-hybridized carbons (Fsp3) is 0.538. The van der Waals surface area contributed by atoms with Crippen LogP contribution in [0.25, 0.3) is 0 Å². The predicted octanol–water partition coefficient (Wildman–Crippen LogP) is 4.14. The minimum absolute atomic E-state index is 0.157. The van der Waals surface area contributed by atoms with Crippen LogP contribution >= 0.6 is 0 Å². The average molecular weight is 246 g/mol. The van der Waals surface area contributed by atoms with Crippen LogP contribution in [-0.2, 0) is 10.3 Å². The van der Waals surface area contributed by atoms with E-state index in [0.29, 0.717) is 6.42 Å². The summed E-state index contributed by atoms with van der Waals surface area (Å²) in [6.07, 6.45) is -4.04. The van der Waals surface area contributed by atoms with Gasteiger partial charge in [-0.2, -0.15) is 13.2 Å². The number of benzene rings is 1. The van der Waals surface area contributed by atoms with Crippen molar-refractivity contribution >= 4 is 0 Å². The molecular formula is C13H17F3O. The standard InChI is InChI=1S/C13H17F3O/c1-4-10(2)12(17-3,13(14,15)16)11-8-6-5-7-9-11/h5-10H,4H2,1-3H3/t10?,12-/m0/s1. The van der Waals surface area contributed by atoms with Crippen LogP contribution in [0.1, 0.15) is 25.8 Å². The van der Waals surface area contributed by atoms with Crippen LogP contribution in [0.2, 0.25) is 0 Å². The van der Waals surface area contributed by atoms with Crippen molar-refractivity contribution in [2.75, 3.05) is 7.11 Å². The smallest absolute Gasteiger partial charge is 0.364 e. The molecule has 2 atom stereocenters. The summed E-state index contributed by atoms with van der Waals surface area (Å²) in [5.41, 5.74) is -2.06. The van der Waals surface area contributed by atoms with Crippen LogP contribution in [0, 0.1) is 5.92 Å². The monoisotopic (exact) mass is 246 g/mol. The summed E-state index contributed by atoms with van der Waals surface area (Å²) in [6, 6.07) is 7.80. The molecule has 0 saturated heterocycles. The first-order valence-corrected chi connectivity index (χ1v) is 5.57. The van der Waals surface area contributed by atoms with Crippen molar-refractivity contribution in [3.8, 4) is 0 Å². The largest absolute Gasteiger partial charge is 0.421 e. The van der Waals surface area contributed by atoms with Crippen LogP contribution < -0.4 is 0 Å². The van der Waals surface area contributed by atoms with Gasteiger partial charge in [-0.3, -0.25) is 0 Å². The van der Waals surface area contributed by atoms with Gasteiger partial charge in [0.2, 0.25) is 0 Å². The van der Waals surface area contributed by atoms with E-state index in [1.807, 2.05) is 0 Å². The fourth-order valence-electron chi connectivity index (χ4n) is 2.14. The topological polar surface area (TPSA) is 9.23 Å². The Hall–Kier alpha value is -1.03. The first-order chi connectivity index (χ1) is 7.90. The second-order valence-electron chi connectivity index (χ2n) is 4.11. The van der Waals surface area contributed by atoms with E-state index in [9.17, 15) is 13.2 Å². The van der Waals surface area contributed by atoms with Gasteiger partial charge >= 0.3 is 6.18 Å². The van der Waals surface area contributed by atoms with Gasteiger partial charge in [0.25, 0.3) is 0 Å². The molecule has 1 nitrogen and oxygen atoms in total. The van der Waals surface area contributed by atoms with E-state index in [1.165, 1.54) is 12.1 Å². The first-order valence-electron chi connectivity index (χ1n) is 5.57. The molecule has 0 heterocycles. The van der Waals surface area contributed by atoms with Crippen molar-refractivity contribution in [2.24, 2.45) is 5.92 Å². The van der Waals surface area contributed by atoms with Crippen LogP contribution in [0.5, 0.6) is 0 Å². The zero-order valence-electron chi connectivity index (χ0n) is 10.2. The molecule has 0 bridgehead atoms. The number of hydrogen-bond acceptors (Lipinski definition) is 1. The molecule has 0 amide bonds. The second kappa shape index (κ2) is 5.08. The number of hydrogen-bond donors (Lipinski definition) is 0. The van der Waals surface area contributed by atoms with Gasteiger partial charge in [0.15, 0.2) is 5.60 Å². The third kappa shape index (κ3) is 2.32. The fourth-order valence-corrected chi connectivity index (χ4v) is 2.14. The molecule has 1 aromatic rings. The highest BCUT2D eigenvalue weighted by Gasteiger charge is 2.59. The Balaban J connectivity index is 3.37. The SMILES string of the molecule is CCC(C)[C@](OC)(c1ccccc1)C(F)(F)F. The van der Waals surface area contributed by atoms with Gasteiger partial charge in [-0.25, -0.2) is 0 Å². The molecule has 0 aliphatic heterocycles. The highest BCUT2D eigenvalue weighted by molar-refractivity contribution is 5.25. The van der Waals surface area contributed by atoms with Crippen LogP contribution in [0.15, 0.2) is 30.3 Å². The first kappa shape index (κ1) is 14.0. The highest BCUT2D eigenvalue weighted by Crippen LogP contribution is 2.48. The molecule has 17 heavy (non-hydrogen) atoms. The molecule has 96 valence electrons. The molecule has 0 aliphatic rings. The molecule has 0 aromatic heterocycles. The molecule has 0 radical (unpaired) electrons. The van der Waals surface area contributed by atoms with Crippen LogP contribution in [-0.4, -0.2) is 13.3 Å². The Morgan fingerprint density at radius 2 is 1.71 bits per heavy atom. The molecule has 0 spiro atoms. The average Bonchev–Trinajstić information content (AvgIpc) is 2.30. The zero-order valence-corrected chi connectivity index (χ0v) is 10.2. The van der Waals surface area contributed by atoms with Crippen molar-refractivity contribution in [3.63, 3.8) is 0 Å². The second-order valence-corrected chi connectivity index (χ2v) is 4.11. The van der Waals surface area contributed by atoms with Gasteiger partial charge in [-0.05, 0) is 11.5 Å². The minimum Gasteiger partial charge on any atom is -0.364 e. The predicted molar refractivity (Wildman–Crippen MR) is 60.6 cm³/mol.